The molecule has 3 aromatic rings. The molecule has 0 unspecified atom stereocenters. The highest BCUT2D eigenvalue weighted by molar-refractivity contribution is 5.85. The van der Waals surface area contributed by atoms with Crippen LogP contribution in [0.4, 0.5) is 13.2 Å². The smallest absolute Gasteiger partial charge is 0.340 e. The number of hydrogen-bond donors (Lipinski definition) is 0. The number of aromatic nitrogens is 5. The number of hydrogen-bond acceptors (Lipinski definition) is 4. The minimum absolute atomic E-state index is 0.0616. The predicted octanol–water partition coefficient (Wildman–Crippen LogP) is 3.25. The quantitative estimate of drug-likeness (QED) is 0.650. The lowest BCUT2D eigenvalue weighted by atomic mass is 10.1. The summed E-state index contributed by atoms with van der Waals surface area (Å²) in [6.07, 6.45) is -2.81. The fourth-order valence-corrected chi connectivity index (χ4v) is 3.36. The van der Waals surface area contributed by atoms with Crippen LogP contribution >= 0.6 is 0 Å². The Bertz CT molecular complexity index is 1070. The number of carbonyl (C=O) groups excluding carboxylic acids is 1. The van der Waals surface area contributed by atoms with Crippen LogP contribution in [0, 0.1) is 20.8 Å². The number of alkyl halides is 3. The highest BCUT2D eigenvalue weighted by Gasteiger charge is 2.35. The largest absolute Gasteiger partial charge is 0.417 e. The van der Waals surface area contributed by atoms with Gasteiger partial charge < -0.3 is 4.90 Å². The van der Waals surface area contributed by atoms with E-state index in [4.69, 9.17) is 0 Å². The average Bonchev–Trinajstić information content (AvgIpc) is 3.13. The molecule has 1 amide bonds. The number of amides is 1. The molecule has 0 fully saturated rings. The van der Waals surface area contributed by atoms with Crippen molar-refractivity contribution < 1.29 is 18.0 Å². The molecule has 0 aliphatic heterocycles. The molecule has 3 aromatic heterocycles. The predicted molar refractivity (Wildman–Crippen MR) is 101 cm³/mol. The zero-order valence-corrected chi connectivity index (χ0v) is 17.0. The van der Waals surface area contributed by atoms with Gasteiger partial charge in [-0.2, -0.15) is 23.4 Å². The first-order valence-corrected chi connectivity index (χ1v) is 9.20. The zero-order chi connectivity index (χ0) is 21.5. The summed E-state index contributed by atoms with van der Waals surface area (Å²) in [7, 11) is 1.64. The van der Waals surface area contributed by atoms with E-state index in [1.54, 1.807) is 13.2 Å². The van der Waals surface area contributed by atoms with E-state index in [-0.39, 0.29) is 34.9 Å². The van der Waals surface area contributed by atoms with E-state index in [1.165, 1.54) is 23.4 Å². The molecule has 0 atom stereocenters. The Morgan fingerprint density at radius 2 is 1.90 bits per heavy atom. The van der Waals surface area contributed by atoms with Crippen LogP contribution in [0.3, 0.4) is 0 Å². The van der Waals surface area contributed by atoms with Gasteiger partial charge in [0, 0.05) is 37.1 Å². The van der Waals surface area contributed by atoms with Gasteiger partial charge in [0.05, 0.1) is 22.8 Å². The van der Waals surface area contributed by atoms with Gasteiger partial charge in [0.2, 0.25) is 5.91 Å². The number of fused-ring (bicyclic) bond motifs is 1. The van der Waals surface area contributed by atoms with Crippen molar-refractivity contribution in [2.24, 2.45) is 0 Å². The fraction of sp³-hybridized carbons (Fsp3) is 0.474. The van der Waals surface area contributed by atoms with E-state index in [9.17, 15) is 18.0 Å². The maximum atomic E-state index is 13.4. The minimum Gasteiger partial charge on any atom is -0.340 e. The molecule has 7 nitrogen and oxygen atoms in total. The van der Waals surface area contributed by atoms with Gasteiger partial charge in [-0.15, -0.1) is 0 Å². The van der Waals surface area contributed by atoms with E-state index in [1.807, 2.05) is 18.5 Å². The van der Waals surface area contributed by atoms with E-state index in [0.29, 0.717) is 6.54 Å². The van der Waals surface area contributed by atoms with Gasteiger partial charge >= 0.3 is 6.18 Å². The van der Waals surface area contributed by atoms with Crippen molar-refractivity contribution in [3.63, 3.8) is 0 Å². The topological polar surface area (TPSA) is 68.8 Å². The first kappa shape index (κ1) is 20.8. The van der Waals surface area contributed by atoms with Gasteiger partial charge in [-0.25, -0.2) is 9.67 Å². The Kier molecular flexibility index (Phi) is 5.38. The molecule has 0 N–H and O–H groups in total. The highest BCUT2D eigenvalue weighted by atomic mass is 19.4. The lowest BCUT2D eigenvalue weighted by Crippen LogP contribution is -2.30. The fourth-order valence-electron chi connectivity index (χ4n) is 3.36. The second-order valence-electron chi connectivity index (χ2n) is 7.07. The second kappa shape index (κ2) is 7.49. The number of aryl methyl sites for hydroxylation is 3. The number of halogens is 3. The number of carbonyl (C=O) groups is 1. The number of likely N-dealkylation sites (N-methyl/N-ethyl adjacent to an activating group) is 1. The zero-order valence-electron chi connectivity index (χ0n) is 17.0. The maximum Gasteiger partial charge on any atom is 0.417 e. The van der Waals surface area contributed by atoms with Crippen molar-refractivity contribution >= 4 is 16.9 Å². The Hall–Kier alpha value is -2.91. The first-order valence-electron chi connectivity index (χ1n) is 9.20. The summed E-state index contributed by atoms with van der Waals surface area (Å²) < 4.78 is 43.4. The van der Waals surface area contributed by atoms with Crippen molar-refractivity contribution in [2.45, 2.75) is 53.5 Å². The van der Waals surface area contributed by atoms with Gasteiger partial charge in [0.1, 0.15) is 6.54 Å². The van der Waals surface area contributed by atoms with Crippen molar-refractivity contribution in [2.75, 3.05) is 7.05 Å². The Labute approximate surface area is 166 Å². The number of pyridine rings is 1. The molecule has 0 saturated heterocycles. The van der Waals surface area contributed by atoms with Gasteiger partial charge in [-0.3, -0.25) is 9.48 Å². The van der Waals surface area contributed by atoms with Crippen molar-refractivity contribution in [3.8, 4) is 0 Å². The van der Waals surface area contributed by atoms with Crippen LogP contribution in [0.15, 0.2) is 12.3 Å². The second-order valence-corrected chi connectivity index (χ2v) is 7.07. The maximum absolute atomic E-state index is 13.4. The van der Waals surface area contributed by atoms with Crippen molar-refractivity contribution in [1.29, 1.82) is 0 Å². The molecule has 156 valence electrons. The van der Waals surface area contributed by atoms with Crippen LogP contribution in [0.2, 0.25) is 0 Å². The number of rotatable bonds is 5. The van der Waals surface area contributed by atoms with Crippen LogP contribution in [-0.2, 0) is 30.6 Å². The van der Waals surface area contributed by atoms with Crippen molar-refractivity contribution in [1.82, 2.24) is 29.4 Å². The SMILES string of the molecule is CCn1ncc(CN(C)C(=O)Cn2nc(C)c3c(C(F)(F)F)cc(C)nc32)c1C. The molecule has 0 spiro atoms. The Morgan fingerprint density at radius 3 is 2.48 bits per heavy atom. The van der Waals surface area contributed by atoms with Crippen LogP contribution in [-0.4, -0.2) is 42.4 Å². The minimum atomic E-state index is -4.53. The molecule has 0 aliphatic carbocycles. The summed E-state index contributed by atoms with van der Waals surface area (Å²) in [6, 6.07) is 1.00. The van der Waals surface area contributed by atoms with Gasteiger partial charge in [-0.05, 0) is 33.8 Å². The first-order chi connectivity index (χ1) is 13.5. The van der Waals surface area contributed by atoms with Crippen LogP contribution < -0.4 is 0 Å². The van der Waals surface area contributed by atoms with Crippen molar-refractivity contribution in [3.05, 3.63) is 40.5 Å². The molecule has 0 radical (unpaired) electrons. The molecule has 29 heavy (non-hydrogen) atoms. The summed E-state index contributed by atoms with van der Waals surface area (Å²) in [6.45, 7) is 7.77. The van der Waals surface area contributed by atoms with Gasteiger partial charge in [0.15, 0.2) is 5.65 Å². The third kappa shape index (κ3) is 3.96. The van der Waals surface area contributed by atoms with E-state index in [2.05, 4.69) is 15.2 Å². The normalized spacial score (nSPS) is 12.0. The van der Waals surface area contributed by atoms with E-state index in [0.717, 1.165) is 23.9 Å². The molecule has 10 heteroatoms. The molecule has 3 heterocycles. The summed E-state index contributed by atoms with van der Waals surface area (Å²) >= 11 is 0. The molecule has 0 saturated carbocycles. The summed E-state index contributed by atoms with van der Waals surface area (Å²) in [4.78, 5) is 18.4. The molecule has 0 aromatic carbocycles. The summed E-state index contributed by atoms with van der Waals surface area (Å²) in [5, 5.41) is 8.35. The van der Waals surface area contributed by atoms with Gasteiger partial charge in [-0.1, -0.05) is 0 Å². The highest BCUT2D eigenvalue weighted by Crippen LogP contribution is 2.36. The number of nitrogens with zero attached hydrogens (tertiary/aromatic N) is 6. The summed E-state index contributed by atoms with van der Waals surface area (Å²) in [5.41, 5.74) is 1.57. The Balaban J connectivity index is 1.88. The lowest BCUT2D eigenvalue weighted by Gasteiger charge is -2.17. The van der Waals surface area contributed by atoms with Crippen LogP contribution in [0.5, 0.6) is 0 Å². The lowest BCUT2D eigenvalue weighted by molar-refractivity contribution is -0.136. The van der Waals surface area contributed by atoms with Crippen LogP contribution in [0.25, 0.3) is 11.0 Å². The third-order valence-corrected chi connectivity index (χ3v) is 4.93. The molecular formula is C19H23F3N6O. The van der Waals surface area contributed by atoms with E-state index < -0.39 is 11.7 Å². The average molecular weight is 408 g/mol. The third-order valence-electron chi connectivity index (χ3n) is 4.93. The monoisotopic (exact) mass is 408 g/mol. The van der Waals surface area contributed by atoms with E-state index >= 15 is 0 Å². The van der Waals surface area contributed by atoms with Crippen LogP contribution in [0.1, 0.15) is 35.1 Å². The molecular weight excluding hydrogens is 385 g/mol. The standard InChI is InChI=1S/C19H23F3N6O/c1-6-27-13(4)14(8-23-27)9-26(5)16(29)10-28-18-17(12(3)25-28)15(19(20,21)22)7-11(2)24-18/h7-8H,6,9-10H2,1-5H3. The molecule has 0 aliphatic rings. The van der Waals surface area contributed by atoms with Gasteiger partial charge in [0.25, 0.3) is 0 Å². The molecule has 3 rings (SSSR count). The molecule has 0 bridgehead atoms. The Morgan fingerprint density at radius 1 is 1.21 bits per heavy atom. The summed E-state index contributed by atoms with van der Waals surface area (Å²) in [5.74, 6) is -0.282.